The predicted molar refractivity (Wildman–Crippen MR) is 76.1 cm³/mol. The highest BCUT2D eigenvalue weighted by Gasteiger charge is 2.27. The topological polar surface area (TPSA) is 41.6 Å². The average molecular weight is 268 g/mol. The van der Waals surface area contributed by atoms with E-state index in [9.17, 15) is 4.79 Å². The zero-order valence-electron chi connectivity index (χ0n) is 12.2. The summed E-state index contributed by atoms with van der Waals surface area (Å²) in [5.74, 6) is 0.131. The first-order valence-corrected chi connectivity index (χ1v) is 7.92. The van der Waals surface area contributed by atoms with Crippen molar-refractivity contribution in [2.24, 2.45) is 5.92 Å². The summed E-state index contributed by atoms with van der Waals surface area (Å²) >= 11 is 0. The second-order valence-electron chi connectivity index (χ2n) is 5.82. The lowest BCUT2D eigenvalue weighted by atomic mass is 9.86. The summed E-state index contributed by atoms with van der Waals surface area (Å²) in [4.78, 5) is 14.3. The Morgan fingerprint density at radius 2 is 2.05 bits per heavy atom. The van der Waals surface area contributed by atoms with Gasteiger partial charge in [0.25, 0.3) is 0 Å². The first kappa shape index (κ1) is 14.8. The van der Waals surface area contributed by atoms with Crippen molar-refractivity contribution in [2.75, 3.05) is 32.8 Å². The molecule has 2 fully saturated rings. The number of carbonyl (C=O) groups is 1. The van der Waals surface area contributed by atoms with Crippen molar-refractivity contribution in [1.29, 1.82) is 0 Å². The molecule has 4 heteroatoms. The summed E-state index contributed by atoms with van der Waals surface area (Å²) in [5.41, 5.74) is 0. The van der Waals surface area contributed by atoms with Gasteiger partial charge in [0.05, 0.1) is 12.5 Å². The summed E-state index contributed by atoms with van der Waals surface area (Å²) in [5, 5.41) is 3.63. The molecule has 4 nitrogen and oxygen atoms in total. The van der Waals surface area contributed by atoms with E-state index in [0.717, 1.165) is 32.4 Å². The van der Waals surface area contributed by atoms with Crippen LogP contribution in [0.15, 0.2) is 0 Å². The van der Waals surface area contributed by atoms with E-state index < -0.39 is 0 Å². The van der Waals surface area contributed by atoms with Crippen LogP contribution in [0.1, 0.15) is 45.4 Å². The summed E-state index contributed by atoms with van der Waals surface area (Å²) < 4.78 is 5.14. The van der Waals surface area contributed by atoms with E-state index in [1.807, 2.05) is 6.92 Å². The van der Waals surface area contributed by atoms with Crippen LogP contribution in [0.5, 0.6) is 0 Å². The molecule has 19 heavy (non-hydrogen) atoms. The Balaban J connectivity index is 1.64. The maximum absolute atomic E-state index is 11.8. The highest BCUT2D eigenvalue weighted by Crippen LogP contribution is 2.25. The fraction of sp³-hybridized carbons (Fsp3) is 0.933. The SMILES string of the molecule is CCOC(=O)C1CCCC(NCCN2CCCC2)C1. The quantitative estimate of drug-likeness (QED) is 0.746. The number of esters is 1. The fourth-order valence-corrected chi connectivity index (χ4v) is 3.28. The summed E-state index contributed by atoms with van der Waals surface area (Å²) in [6, 6.07) is 0.505. The van der Waals surface area contributed by atoms with Crippen molar-refractivity contribution in [3.8, 4) is 0 Å². The number of likely N-dealkylation sites (tertiary alicyclic amines) is 1. The van der Waals surface area contributed by atoms with Crippen molar-refractivity contribution < 1.29 is 9.53 Å². The number of carbonyl (C=O) groups excluding carboxylic acids is 1. The van der Waals surface area contributed by atoms with Gasteiger partial charge >= 0.3 is 5.97 Å². The van der Waals surface area contributed by atoms with Gasteiger partial charge in [-0.25, -0.2) is 0 Å². The number of nitrogens with one attached hydrogen (secondary N) is 1. The molecular weight excluding hydrogens is 240 g/mol. The van der Waals surface area contributed by atoms with Crippen LogP contribution in [0, 0.1) is 5.92 Å². The molecule has 2 unspecified atom stereocenters. The normalized spacial score (nSPS) is 28.5. The lowest BCUT2D eigenvalue weighted by Gasteiger charge is -2.29. The summed E-state index contributed by atoms with van der Waals surface area (Å²) in [7, 11) is 0. The van der Waals surface area contributed by atoms with Crippen molar-refractivity contribution in [3.05, 3.63) is 0 Å². The third kappa shape index (κ3) is 4.77. The zero-order chi connectivity index (χ0) is 13.5. The number of ether oxygens (including phenoxy) is 1. The van der Waals surface area contributed by atoms with Gasteiger partial charge < -0.3 is 15.0 Å². The van der Waals surface area contributed by atoms with Crippen LogP contribution in [-0.4, -0.2) is 49.7 Å². The first-order valence-electron chi connectivity index (χ1n) is 7.92. The van der Waals surface area contributed by atoms with E-state index in [1.165, 1.54) is 32.4 Å². The Labute approximate surface area is 116 Å². The molecule has 0 radical (unpaired) electrons. The predicted octanol–water partition coefficient (Wildman–Crippen LogP) is 1.79. The maximum atomic E-state index is 11.8. The summed E-state index contributed by atoms with van der Waals surface area (Å²) in [6.07, 6.45) is 7.02. The minimum atomic E-state index is 0.00791. The van der Waals surface area contributed by atoms with Crippen LogP contribution in [-0.2, 0) is 9.53 Å². The molecule has 1 aliphatic carbocycles. The zero-order valence-corrected chi connectivity index (χ0v) is 12.2. The van der Waals surface area contributed by atoms with Crippen LogP contribution in [0.3, 0.4) is 0 Å². The Bertz CT molecular complexity index is 277. The van der Waals surface area contributed by atoms with Gasteiger partial charge in [-0.1, -0.05) is 6.42 Å². The molecule has 2 aliphatic rings. The Morgan fingerprint density at radius 1 is 1.26 bits per heavy atom. The van der Waals surface area contributed by atoms with Gasteiger partial charge in [0, 0.05) is 19.1 Å². The number of hydrogen-bond donors (Lipinski definition) is 1. The van der Waals surface area contributed by atoms with E-state index in [-0.39, 0.29) is 11.9 Å². The van der Waals surface area contributed by atoms with Crippen LogP contribution in [0.4, 0.5) is 0 Å². The van der Waals surface area contributed by atoms with E-state index >= 15 is 0 Å². The van der Waals surface area contributed by atoms with Crippen molar-refractivity contribution in [3.63, 3.8) is 0 Å². The molecule has 1 aliphatic heterocycles. The summed E-state index contributed by atoms with van der Waals surface area (Å²) in [6.45, 7) is 7.12. The van der Waals surface area contributed by atoms with Gasteiger partial charge in [0.2, 0.25) is 0 Å². The third-order valence-electron chi connectivity index (χ3n) is 4.35. The molecule has 1 heterocycles. The van der Waals surface area contributed by atoms with Crippen molar-refractivity contribution >= 4 is 5.97 Å². The van der Waals surface area contributed by atoms with Gasteiger partial charge in [-0.3, -0.25) is 4.79 Å². The highest BCUT2D eigenvalue weighted by atomic mass is 16.5. The average Bonchev–Trinajstić information content (AvgIpc) is 2.93. The van der Waals surface area contributed by atoms with Gasteiger partial charge in [-0.2, -0.15) is 0 Å². The third-order valence-corrected chi connectivity index (χ3v) is 4.35. The minimum absolute atomic E-state index is 0.00791. The molecule has 1 saturated carbocycles. The van der Waals surface area contributed by atoms with Gasteiger partial charge in [0.1, 0.15) is 0 Å². The lowest BCUT2D eigenvalue weighted by molar-refractivity contribution is -0.149. The lowest BCUT2D eigenvalue weighted by Crippen LogP contribution is -2.40. The number of nitrogens with zero attached hydrogens (tertiary/aromatic N) is 1. The van der Waals surface area contributed by atoms with Gasteiger partial charge in [0.15, 0.2) is 0 Å². The largest absolute Gasteiger partial charge is 0.466 e. The van der Waals surface area contributed by atoms with E-state index in [0.29, 0.717) is 12.6 Å². The number of hydrogen-bond acceptors (Lipinski definition) is 4. The molecule has 0 aromatic rings. The minimum Gasteiger partial charge on any atom is -0.466 e. The number of rotatable bonds is 6. The molecule has 1 saturated heterocycles. The van der Waals surface area contributed by atoms with Gasteiger partial charge in [-0.15, -0.1) is 0 Å². The molecule has 0 aromatic heterocycles. The van der Waals surface area contributed by atoms with Crippen LogP contribution >= 0.6 is 0 Å². The van der Waals surface area contributed by atoms with E-state index in [1.54, 1.807) is 0 Å². The Hall–Kier alpha value is -0.610. The Kier molecular flexibility index (Phi) is 6.11. The Morgan fingerprint density at radius 3 is 2.79 bits per heavy atom. The molecule has 0 aromatic carbocycles. The smallest absolute Gasteiger partial charge is 0.308 e. The van der Waals surface area contributed by atoms with Crippen molar-refractivity contribution in [2.45, 2.75) is 51.5 Å². The standard InChI is InChI=1S/C15H28N2O2/c1-2-19-15(18)13-6-5-7-14(12-13)16-8-11-17-9-3-4-10-17/h13-14,16H,2-12H2,1H3. The van der Waals surface area contributed by atoms with E-state index in [4.69, 9.17) is 4.74 Å². The molecule has 1 N–H and O–H groups in total. The molecular formula is C15H28N2O2. The van der Waals surface area contributed by atoms with Crippen LogP contribution < -0.4 is 5.32 Å². The molecule has 0 bridgehead atoms. The first-order chi connectivity index (χ1) is 9.29. The van der Waals surface area contributed by atoms with Gasteiger partial charge in [-0.05, 0) is 52.1 Å². The fourth-order valence-electron chi connectivity index (χ4n) is 3.28. The van der Waals surface area contributed by atoms with Crippen LogP contribution in [0.25, 0.3) is 0 Å². The molecule has 2 rings (SSSR count). The van der Waals surface area contributed by atoms with Crippen LogP contribution in [0.2, 0.25) is 0 Å². The van der Waals surface area contributed by atoms with E-state index in [2.05, 4.69) is 10.2 Å². The second-order valence-corrected chi connectivity index (χ2v) is 5.82. The monoisotopic (exact) mass is 268 g/mol. The molecule has 0 amide bonds. The molecule has 2 atom stereocenters. The second kappa shape index (κ2) is 7.85. The van der Waals surface area contributed by atoms with Crippen molar-refractivity contribution in [1.82, 2.24) is 10.2 Å². The maximum Gasteiger partial charge on any atom is 0.308 e. The highest BCUT2D eigenvalue weighted by molar-refractivity contribution is 5.72. The molecule has 0 spiro atoms. The molecule has 110 valence electrons.